The number of pyridine rings is 1. The lowest BCUT2D eigenvalue weighted by Gasteiger charge is -2.29. The molecule has 0 saturated heterocycles. The molecule has 0 bridgehead atoms. The molecule has 9 heteroatoms. The Hall–Kier alpha value is -3.54. The zero-order chi connectivity index (χ0) is 19.6. The number of fused-ring (bicyclic) bond motifs is 1. The molecule has 3 amide bonds. The average Bonchev–Trinajstić information content (AvgIpc) is 2.62. The molecule has 0 spiro atoms. The largest absolute Gasteiger partial charge is 0.346 e. The normalized spacial score (nSPS) is 14.0. The van der Waals surface area contributed by atoms with E-state index in [4.69, 9.17) is 5.26 Å². The number of hydrogen-bond acceptors (Lipinski definition) is 4. The number of rotatable bonds is 4. The highest BCUT2D eigenvalue weighted by molar-refractivity contribution is 5.94. The summed E-state index contributed by atoms with van der Waals surface area (Å²) < 4.78 is 27.3. The van der Waals surface area contributed by atoms with Gasteiger partial charge in [0.1, 0.15) is 24.2 Å². The number of benzene rings is 1. The zero-order valence-corrected chi connectivity index (χ0v) is 14.3. The van der Waals surface area contributed by atoms with E-state index in [-0.39, 0.29) is 24.3 Å². The molecule has 0 saturated carbocycles. The van der Waals surface area contributed by atoms with Crippen LogP contribution < -0.4 is 10.6 Å². The van der Waals surface area contributed by atoms with Crippen LogP contribution in [0, 0.1) is 23.0 Å². The molecule has 1 aromatic heterocycles. The number of amides is 3. The Balaban J connectivity index is 1.65. The predicted molar refractivity (Wildman–Crippen MR) is 91.3 cm³/mol. The fourth-order valence-electron chi connectivity index (χ4n) is 2.77. The fourth-order valence-corrected chi connectivity index (χ4v) is 2.77. The molecule has 1 aliphatic heterocycles. The van der Waals surface area contributed by atoms with Gasteiger partial charge < -0.3 is 15.5 Å². The highest BCUT2D eigenvalue weighted by atomic mass is 19.1. The highest BCUT2D eigenvalue weighted by Crippen LogP contribution is 2.24. The van der Waals surface area contributed by atoms with Crippen LogP contribution in [0.2, 0.25) is 0 Å². The topological polar surface area (TPSA) is 98.1 Å². The molecule has 7 nitrogen and oxygen atoms in total. The second-order valence-electron chi connectivity index (χ2n) is 6.08. The molecule has 0 unspecified atom stereocenters. The van der Waals surface area contributed by atoms with Gasteiger partial charge in [-0.15, -0.1) is 0 Å². The second kappa shape index (κ2) is 7.37. The van der Waals surface area contributed by atoms with E-state index in [1.165, 1.54) is 36.2 Å². The first kappa shape index (κ1) is 18.3. The number of urea groups is 1. The summed E-state index contributed by atoms with van der Waals surface area (Å²) >= 11 is 0. The second-order valence-corrected chi connectivity index (χ2v) is 6.08. The van der Waals surface area contributed by atoms with Gasteiger partial charge in [-0.1, -0.05) is 0 Å². The van der Waals surface area contributed by atoms with Gasteiger partial charge in [0.05, 0.1) is 23.8 Å². The van der Waals surface area contributed by atoms with Gasteiger partial charge in [-0.3, -0.25) is 9.78 Å². The van der Waals surface area contributed by atoms with E-state index < -0.39 is 29.6 Å². The Labute approximate surface area is 153 Å². The van der Waals surface area contributed by atoms with Crippen molar-refractivity contribution in [1.82, 2.24) is 15.2 Å². The van der Waals surface area contributed by atoms with Crippen molar-refractivity contribution in [2.24, 2.45) is 0 Å². The van der Waals surface area contributed by atoms with Crippen LogP contribution in [0.4, 0.5) is 19.3 Å². The number of anilines is 1. The number of nitriles is 1. The van der Waals surface area contributed by atoms with E-state index >= 15 is 0 Å². The van der Waals surface area contributed by atoms with E-state index in [1.54, 1.807) is 6.07 Å². The first-order chi connectivity index (χ1) is 12.9. The van der Waals surface area contributed by atoms with E-state index in [9.17, 15) is 18.4 Å². The molecule has 2 N–H and O–H groups in total. The molecule has 2 heterocycles. The molecule has 3 rings (SSSR count). The Bertz CT molecular complexity index is 957. The van der Waals surface area contributed by atoms with Gasteiger partial charge in [0.2, 0.25) is 5.91 Å². The predicted octanol–water partition coefficient (Wildman–Crippen LogP) is 2.46. The van der Waals surface area contributed by atoms with Crippen LogP contribution in [0.3, 0.4) is 0 Å². The van der Waals surface area contributed by atoms with Crippen molar-refractivity contribution >= 4 is 17.6 Å². The van der Waals surface area contributed by atoms with Crippen LogP contribution in [0.1, 0.15) is 29.8 Å². The summed E-state index contributed by atoms with van der Waals surface area (Å²) in [5.74, 6) is -1.67. The molecule has 2 aromatic rings. The SMILES string of the molecule is C[C@@H](NC(=O)CN1Cc2cc(F)ccc2NC1=O)c1ncc(C#N)cc1F. The molecule has 0 aliphatic carbocycles. The molecule has 1 aromatic carbocycles. The van der Waals surface area contributed by atoms with Crippen LogP contribution in [0.5, 0.6) is 0 Å². The van der Waals surface area contributed by atoms with Gasteiger partial charge in [-0.2, -0.15) is 5.26 Å². The number of nitrogens with zero attached hydrogens (tertiary/aromatic N) is 3. The van der Waals surface area contributed by atoms with Gasteiger partial charge >= 0.3 is 6.03 Å². The van der Waals surface area contributed by atoms with E-state index in [0.29, 0.717) is 11.3 Å². The summed E-state index contributed by atoms with van der Waals surface area (Å²) in [4.78, 5) is 29.4. The van der Waals surface area contributed by atoms with Crippen molar-refractivity contribution in [2.45, 2.75) is 19.5 Å². The van der Waals surface area contributed by atoms with E-state index in [0.717, 1.165) is 6.07 Å². The lowest BCUT2D eigenvalue weighted by atomic mass is 10.1. The van der Waals surface area contributed by atoms with Gasteiger partial charge in [-0.05, 0) is 36.8 Å². The Morgan fingerprint density at radius 2 is 2.22 bits per heavy atom. The number of nitrogens with one attached hydrogen (secondary N) is 2. The van der Waals surface area contributed by atoms with Crippen molar-refractivity contribution in [2.75, 3.05) is 11.9 Å². The molecule has 138 valence electrons. The van der Waals surface area contributed by atoms with Crippen molar-refractivity contribution in [3.05, 3.63) is 58.9 Å². The van der Waals surface area contributed by atoms with Gasteiger partial charge in [0, 0.05) is 11.9 Å². The molecule has 1 atom stereocenters. The van der Waals surface area contributed by atoms with E-state index in [2.05, 4.69) is 15.6 Å². The zero-order valence-electron chi connectivity index (χ0n) is 14.3. The highest BCUT2D eigenvalue weighted by Gasteiger charge is 2.25. The van der Waals surface area contributed by atoms with Crippen LogP contribution in [0.25, 0.3) is 0 Å². The summed E-state index contributed by atoms with van der Waals surface area (Å²) in [6.45, 7) is 1.32. The van der Waals surface area contributed by atoms with E-state index in [1.807, 2.05) is 0 Å². The molecule has 0 radical (unpaired) electrons. The molecular weight excluding hydrogens is 356 g/mol. The van der Waals surface area contributed by atoms with Crippen LogP contribution in [-0.4, -0.2) is 28.4 Å². The lowest BCUT2D eigenvalue weighted by Crippen LogP contribution is -2.45. The minimum Gasteiger partial charge on any atom is -0.346 e. The maximum absolute atomic E-state index is 14.0. The Morgan fingerprint density at radius 3 is 2.93 bits per heavy atom. The number of carbonyl (C=O) groups excluding carboxylic acids is 2. The summed E-state index contributed by atoms with van der Waals surface area (Å²) in [6.07, 6.45) is 1.21. The summed E-state index contributed by atoms with van der Waals surface area (Å²) in [5.41, 5.74) is 1.11. The number of hydrogen-bond donors (Lipinski definition) is 2. The quantitative estimate of drug-likeness (QED) is 0.863. The molecular formula is C18H15F2N5O2. The monoisotopic (exact) mass is 371 g/mol. The van der Waals surface area contributed by atoms with Crippen molar-refractivity contribution < 1.29 is 18.4 Å². The lowest BCUT2D eigenvalue weighted by molar-refractivity contribution is -0.122. The third-order valence-corrected chi connectivity index (χ3v) is 4.08. The Morgan fingerprint density at radius 1 is 1.44 bits per heavy atom. The first-order valence-corrected chi connectivity index (χ1v) is 8.06. The van der Waals surface area contributed by atoms with Crippen LogP contribution in [-0.2, 0) is 11.3 Å². The molecule has 0 fully saturated rings. The number of aromatic nitrogens is 1. The maximum atomic E-state index is 14.0. The summed E-state index contributed by atoms with van der Waals surface area (Å²) in [7, 11) is 0. The molecule has 27 heavy (non-hydrogen) atoms. The number of halogens is 2. The smallest absolute Gasteiger partial charge is 0.322 e. The minimum atomic E-state index is -0.761. The minimum absolute atomic E-state index is 0.0159. The summed E-state index contributed by atoms with van der Waals surface area (Å²) in [6, 6.07) is 5.55. The first-order valence-electron chi connectivity index (χ1n) is 8.06. The van der Waals surface area contributed by atoms with Crippen LogP contribution >= 0.6 is 0 Å². The third-order valence-electron chi connectivity index (χ3n) is 4.08. The average molecular weight is 371 g/mol. The standard InChI is InChI=1S/C18H15F2N5O2/c1-10(17-14(20)4-11(6-21)7-22-17)23-16(26)9-25-8-12-5-13(19)2-3-15(12)24-18(25)27/h2-5,7,10H,8-9H2,1H3,(H,23,26)(H,24,27)/t10-/m1/s1. The van der Waals surface area contributed by atoms with Gasteiger partial charge in [0.15, 0.2) is 0 Å². The summed E-state index contributed by atoms with van der Waals surface area (Å²) in [5, 5.41) is 13.9. The van der Waals surface area contributed by atoms with Crippen molar-refractivity contribution in [1.29, 1.82) is 5.26 Å². The Kier molecular flexibility index (Phi) is 4.98. The number of carbonyl (C=O) groups is 2. The fraction of sp³-hybridized carbons (Fsp3) is 0.222. The third kappa shape index (κ3) is 4.00. The van der Waals surface area contributed by atoms with Gasteiger partial charge in [-0.25, -0.2) is 13.6 Å². The van der Waals surface area contributed by atoms with Crippen molar-refractivity contribution in [3.8, 4) is 6.07 Å². The van der Waals surface area contributed by atoms with Gasteiger partial charge in [0.25, 0.3) is 0 Å². The maximum Gasteiger partial charge on any atom is 0.322 e. The van der Waals surface area contributed by atoms with Crippen LogP contribution in [0.15, 0.2) is 30.5 Å². The molecule has 1 aliphatic rings. The van der Waals surface area contributed by atoms with Crippen molar-refractivity contribution in [3.63, 3.8) is 0 Å².